The average molecular weight is 417 g/mol. The molecule has 3 rings (SSSR count). The second-order valence-electron chi connectivity index (χ2n) is 6.63. The lowest BCUT2D eigenvalue weighted by molar-refractivity contribution is -0.892. The first kappa shape index (κ1) is 20.4. The lowest BCUT2D eigenvalue weighted by Crippen LogP contribution is -3.15. The largest absolute Gasteiger partial charge is 0.416 e. The molecule has 150 valence electrons. The number of piperazine rings is 1. The van der Waals surface area contributed by atoms with Crippen LogP contribution in [0.25, 0.3) is 0 Å². The maximum Gasteiger partial charge on any atom is 0.416 e. The van der Waals surface area contributed by atoms with Gasteiger partial charge in [0.05, 0.1) is 42.5 Å². The quantitative estimate of drug-likeness (QED) is 0.752. The average Bonchev–Trinajstić information content (AvgIpc) is 2.64. The molecule has 1 heterocycles. The van der Waals surface area contributed by atoms with Crippen molar-refractivity contribution >= 4 is 28.9 Å². The first-order chi connectivity index (χ1) is 13.2. The lowest BCUT2D eigenvalue weighted by Gasteiger charge is -2.33. The molecule has 1 fully saturated rings. The summed E-state index contributed by atoms with van der Waals surface area (Å²) in [6.07, 6.45) is -4.51. The van der Waals surface area contributed by atoms with Crippen molar-refractivity contribution in [1.82, 2.24) is 0 Å². The van der Waals surface area contributed by atoms with Crippen LogP contribution in [-0.4, -0.2) is 38.6 Å². The van der Waals surface area contributed by atoms with Crippen molar-refractivity contribution in [2.45, 2.75) is 6.18 Å². The van der Waals surface area contributed by atoms with Crippen LogP contribution in [0.5, 0.6) is 0 Å². The number of carbonyl (C=O) groups excluding carboxylic acids is 1. The van der Waals surface area contributed by atoms with Crippen molar-refractivity contribution in [3.05, 3.63) is 58.9 Å². The van der Waals surface area contributed by atoms with Crippen LogP contribution in [0.3, 0.4) is 0 Å². The second kappa shape index (κ2) is 8.36. The smallest absolute Gasteiger partial charge is 0.360 e. The zero-order chi connectivity index (χ0) is 20.3. The molecule has 0 radical (unpaired) electrons. The Morgan fingerprint density at radius 1 is 1.11 bits per heavy atom. The van der Waals surface area contributed by atoms with E-state index in [1.165, 1.54) is 12.1 Å². The van der Waals surface area contributed by atoms with Gasteiger partial charge in [-0.15, -0.1) is 0 Å². The number of quaternary nitrogens is 1. The van der Waals surface area contributed by atoms with Gasteiger partial charge in [-0.05, 0) is 42.5 Å². The molecule has 0 aromatic heterocycles. The van der Waals surface area contributed by atoms with Crippen LogP contribution in [0.15, 0.2) is 42.5 Å². The molecule has 0 saturated carbocycles. The van der Waals surface area contributed by atoms with Gasteiger partial charge in [-0.2, -0.15) is 13.2 Å². The van der Waals surface area contributed by atoms with E-state index in [0.29, 0.717) is 26.2 Å². The van der Waals surface area contributed by atoms with Crippen molar-refractivity contribution < 1.29 is 27.3 Å². The Hall–Kier alpha value is -2.32. The Balaban J connectivity index is 1.54. The monoisotopic (exact) mass is 416 g/mol. The summed E-state index contributed by atoms with van der Waals surface area (Å²) in [6.45, 7) is 2.88. The molecule has 1 aliphatic heterocycles. The zero-order valence-electron chi connectivity index (χ0n) is 14.8. The molecule has 0 bridgehead atoms. The normalized spacial score (nSPS) is 15.5. The van der Waals surface area contributed by atoms with Crippen molar-refractivity contribution in [1.29, 1.82) is 0 Å². The number of alkyl halides is 3. The Labute approximate surface area is 164 Å². The number of nitrogens with zero attached hydrogens (tertiary/aromatic N) is 1. The first-order valence-corrected chi connectivity index (χ1v) is 9.11. The highest BCUT2D eigenvalue weighted by atomic mass is 35.5. The summed E-state index contributed by atoms with van der Waals surface area (Å²) in [5, 5.41) is 2.53. The van der Waals surface area contributed by atoms with Gasteiger partial charge in [0.15, 0.2) is 6.54 Å². The molecule has 1 aliphatic rings. The molecule has 4 nitrogen and oxygen atoms in total. The molecule has 1 amide bonds. The molecule has 9 heteroatoms. The number of anilines is 2. The molecule has 2 aromatic carbocycles. The van der Waals surface area contributed by atoms with E-state index in [4.69, 9.17) is 11.6 Å². The summed E-state index contributed by atoms with van der Waals surface area (Å²) in [6, 6.07) is 9.06. The van der Waals surface area contributed by atoms with E-state index < -0.39 is 17.6 Å². The molecule has 28 heavy (non-hydrogen) atoms. The van der Waals surface area contributed by atoms with Crippen LogP contribution in [-0.2, 0) is 11.0 Å². The maximum absolute atomic E-state index is 13.0. The van der Waals surface area contributed by atoms with Crippen molar-refractivity contribution in [2.75, 3.05) is 42.9 Å². The Kier molecular flexibility index (Phi) is 6.10. The minimum atomic E-state index is -4.51. The van der Waals surface area contributed by atoms with Gasteiger partial charge < -0.3 is 15.1 Å². The van der Waals surface area contributed by atoms with E-state index in [1.807, 2.05) is 0 Å². The molecular weight excluding hydrogens is 398 g/mol. The Morgan fingerprint density at radius 2 is 1.75 bits per heavy atom. The van der Waals surface area contributed by atoms with Crippen LogP contribution >= 0.6 is 11.6 Å². The van der Waals surface area contributed by atoms with Gasteiger partial charge in [0.25, 0.3) is 5.91 Å². The fourth-order valence-corrected chi connectivity index (χ4v) is 3.29. The summed E-state index contributed by atoms with van der Waals surface area (Å²) in [5.41, 5.74) is -0.000974. The third kappa shape index (κ3) is 5.14. The number of halogens is 5. The zero-order valence-corrected chi connectivity index (χ0v) is 15.6. The van der Waals surface area contributed by atoms with Crippen molar-refractivity contribution in [3.63, 3.8) is 0 Å². The fraction of sp³-hybridized carbons (Fsp3) is 0.316. The molecule has 0 unspecified atom stereocenters. The van der Waals surface area contributed by atoms with Gasteiger partial charge >= 0.3 is 6.18 Å². The van der Waals surface area contributed by atoms with E-state index in [1.54, 1.807) is 12.1 Å². The van der Waals surface area contributed by atoms with Gasteiger partial charge in [0, 0.05) is 5.69 Å². The van der Waals surface area contributed by atoms with E-state index in [0.717, 1.165) is 28.8 Å². The number of nitrogens with one attached hydrogen (secondary N) is 2. The molecule has 0 spiro atoms. The number of hydrogen-bond acceptors (Lipinski definition) is 2. The van der Waals surface area contributed by atoms with Gasteiger partial charge in [-0.1, -0.05) is 11.6 Å². The third-order valence-corrected chi connectivity index (χ3v) is 4.97. The topological polar surface area (TPSA) is 36.8 Å². The molecule has 2 N–H and O–H groups in total. The first-order valence-electron chi connectivity index (χ1n) is 8.73. The Bertz CT molecular complexity index is 834. The van der Waals surface area contributed by atoms with Crippen molar-refractivity contribution in [2.24, 2.45) is 0 Å². The summed E-state index contributed by atoms with van der Waals surface area (Å²) in [5.74, 6) is -0.690. The van der Waals surface area contributed by atoms with Gasteiger partial charge in [-0.3, -0.25) is 4.79 Å². The molecule has 0 atom stereocenters. The molecular formula is C19H19ClF4N3O+. The van der Waals surface area contributed by atoms with E-state index >= 15 is 0 Å². The summed E-state index contributed by atoms with van der Waals surface area (Å²) >= 11 is 5.91. The van der Waals surface area contributed by atoms with E-state index in [2.05, 4.69) is 10.2 Å². The highest BCUT2D eigenvalue weighted by molar-refractivity contribution is 6.33. The number of hydrogen-bond donors (Lipinski definition) is 2. The second-order valence-corrected chi connectivity index (χ2v) is 7.04. The third-order valence-electron chi connectivity index (χ3n) is 4.64. The number of rotatable bonds is 4. The predicted octanol–water partition coefficient (Wildman–Crippen LogP) is 2.84. The van der Waals surface area contributed by atoms with Gasteiger partial charge in [0.1, 0.15) is 5.82 Å². The predicted molar refractivity (Wildman–Crippen MR) is 99.3 cm³/mol. The Morgan fingerprint density at radius 3 is 2.36 bits per heavy atom. The van der Waals surface area contributed by atoms with E-state index in [-0.39, 0.29) is 23.1 Å². The molecule has 0 aliphatic carbocycles. The number of benzene rings is 2. The minimum absolute atomic E-state index is 0.0501. The summed E-state index contributed by atoms with van der Waals surface area (Å²) in [4.78, 5) is 15.4. The minimum Gasteiger partial charge on any atom is -0.360 e. The van der Waals surface area contributed by atoms with Crippen LogP contribution in [0.2, 0.25) is 5.02 Å². The van der Waals surface area contributed by atoms with Crippen LogP contribution in [0.4, 0.5) is 28.9 Å². The highest BCUT2D eigenvalue weighted by Crippen LogP contribution is 2.33. The molecule has 2 aromatic rings. The summed E-state index contributed by atoms with van der Waals surface area (Å²) < 4.78 is 51.5. The standard InChI is InChI=1S/C19H18ClF4N3O/c20-16-6-1-13(19(22,23)24)11-17(16)25-18(28)12-26-7-9-27(10-8-26)15-4-2-14(21)3-5-15/h1-6,11H,7-10,12H2,(H,25,28)/p+1. The van der Waals surface area contributed by atoms with E-state index in [9.17, 15) is 22.4 Å². The van der Waals surface area contributed by atoms with Crippen molar-refractivity contribution in [3.8, 4) is 0 Å². The SMILES string of the molecule is O=C(C[NH+]1CCN(c2ccc(F)cc2)CC1)Nc1cc(C(F)(F)F)ccc1Cl. The van der Waals surface area contributed by atoms with Crippen LogP contribution in [0.1, 0.15) is 5.56 Å². The molecule has 1 saturated heterocycles. The summed E-state index contributed by atoms with van der Waals surface area (Å²) in [7, 11) is 0. The van der Waals surface area contributed by atoms with Crippen LogP contribution in [0, 0.1) is 5.82 Å². The fourth-order valence-electron chi connectivity index (χ4n) is 3.13. The number of carbonyl (C=O) groups is 1. The highest BCUT2D eigenvalue weighted by Gasteiger charge is 2.31. The maximum atomic E-state index is 13.0. The van der Waals surface area contributed by atoms with Gasteiger partial charge in [-0.25, -0.2) is 4.39 Å². The lowest BCUT2D eigenvalue weighted by atomic mass is 10.2. The number of amides is 1. The van der Waals surface area contributed by atoms with Crippen LogP contribution < -0.4 is 15.1 Å². The van der Waals surface area contributed by atoms with Gasteiger partial charge in [0.2, 0.25) is 0 Å².